The molecule has 38 heavy (non-hydrogen) atoms. The lowest BCUT2D eigenvalue weighted by molar-refractivity contribution is 0.0756. The number of nitrogens with zero attached hydrogens (tertiary/aromatic N) is 3. The molecule has 2 aliphatic heterocycles. The van der Waals surface area contributed by atoms with E-state index in [0.717, 1.165) is 36.2 Å². The average Bonchev–Trinajstić information content (AvgIpc) is 3.63. The molecule has 1 fully saturated rings. The van der Waals surface area contributed by atoms with Gasteiger partial charge in [-0.05, 0) is 37.5 Å². The lowest BCUT2D eigenvalue weighted by Gasteiger charge is -2.43. The van der Waals surface area contributed by atoms with Gasteiger partial charge in [-0.25, -0.2) is 4.79 Å². The second-order valence-corrected chi connectivity index (χ2v) is 10.3. The van der Waals surface area contributed by atoms with Crippen LogP contribution in [0.4, 0.5) is 10.6 Å². The number of furan rings is 1. The second kappa shape index (κ2) is 9.64. The van der Waals surface area contributed by atoms with Gasteiger partial charge in [0.05, 0.1) is 17.8 Å². The molecule has 2 aliphatic rings. The molecule has 9 heteroatoms. The Bertz CT molecular complexity index is 1450. The predicted octanol–water partition coefficient (Wildman–Crippen LogP) is 4.49. The van der Waals surface area contributed by atoms with Crippen LogP contribution in [0.3, 0.4) is 0 Å². The third kappa shape index (κ3) is 4.12. The Morgan fingerprint density at radius 1 is 1.16 bits per heavy atom. The zero-order valence-electron chi connectivity index (χ0n) is 21.7. The summed E-state index contributed by atoms with van der Waals surface area (Å²) in [5.41, 5.74) is 3.00. The molecule has 0 radical (unpaired) electrons. The highest BCUT2D eigenvalue weighted by Crippen LogP contribution is 2.44. The average molecular weight is 513 g/mol. The fourth-order valence-electron chi connectivity index (χ4n) is 5.68. The van der Waals surface area contributed by atoms with E-state index in [1.54, 1.807) is 6.07 Å². The lowest BCUT2D eigenvalue weighted by atomic mass is 9.94. The van der Waals surface area contributed by atoms with E-state index in [9.17, 15) is 9.59 Å². The Hall–Kier alpha value is -4.11. The van der Waals surface area contributed by atoms with Crippen LogP contribution in [0.25, 0.3) is 11.0 Å². The van der Waals surface area contributed by atoms with Crippen molar-refractivity contribution in [1.29, 1.82) is 0 Å². The number of urea groups is 1. The van der Waals surface area contributed by atoms with E-state index in [1.807, 2.05) is 52.3 Å². The normalized spacial score (nSPS) is 21.1. The van der Waals surface area contributed by atoms with Crippen molar-refractivity contribution in [2.75, 3.05) is 25.0 Å². The van der Waals surface area contributed by atoms with Crippen LogP contribution in [-0.2, 0) is 18.5 Å². The molecule has 4 heterocycles. The first-order valence-corrected chi connectivity index (χ1v) is 13.2. The first-order valence-electron chi connectivity index (χ1n) is 13.2. The molecule has 9 nitrogen and oxygen atoms in total. The Balaban J connectivity index is 1.24. The summed E-state index contributed by atoms with van der Waals surface area (Å²) in [7, 11) is 0. The van der Waals surface area contributed by atoms with Crippen LogP contribution in [0.2, 0.25) is 0 Å². The predicted molar refractivity (Wildman–Crippen MR) is 145 cm³/mol. The second-order valence-electron chi connectivity index (χ2n) is 10.3. The Labute approximate surface area is 221 Å². The monoisotopic (exact) mass is 512 g/mol. The zero-order valence-corrected chi connectivity index (χ0v) is 21.7. The molecule has 0 spiro atoms. The minimum atomic E-state index is -0.566. The number of nitrogens with one attached hydrogen (secondary N) is 3. The van der Waals surface area contributed by atoms with Crippen molar-refractivity contribution in [3.8, 4) is 0 Å². The maximum Gasteiger partial charge on any atom is 0.321 e. The number of piperazine rings is 1. The summed E-state index contributed by atoms with van der Waals surface area (Å²) in [4.78, 5) is 31.1. The number of hydrogen-bond acceptors (Lipinski definition) is 5. The van der Waals surface area contributed by atoms with Crippen molar-refractivity contribution < 1.29 is 14.0 Å². The number of amides is 3. The number of aromatic nitrogens is 2. The quantitative estimate of drug-likeness (QED) is 0.365. The van der Waals surface area contributed by atoms with Gasteiger partial charge in [-0.2, -0.15) is 5.10 Å². The van der Waals surface area contributed by atoms with Crippen molar-refractivity contribution in [2.45, 2.75) is 44.8 Å². The van der Waals surface area contributed by atoms with E-state index in [0.29, 0.717) is 30.9 Å². The van der Waals surface area contributed by atoms with Crippen LogP contribution in [0, 0.1) is 0 Å². The highest BCUT2D eigenvalue weighted by atomic mass is 16.3. The summed E-state index contributed by atoms with van der Waals surface area (Å²) in [6.45, 7) is 6.67. The molecule has 2 atom stereocenters. The van der Waals surface area contributed by atoms with Gasteiger partial charge in [0.25, 0.3) is 5.91 Å². The van der Waals surface area contributed by atoms with E-state index in [1.165, 1.54) is 5.56 Å². The minimum Gasteiger partial charge on any atom is -0.451 e. The molecule has 0 unspecified atom stereocenters. The summed E-state index contributed by atoms with van der Waals surface area (Å²) >= 11 is 0. The number of aromatic amines is 1. The minimum absolute atomic E-state index is 0.0101. The van der Waals surface area contributed by atoms with E-state index in [2.05, 4.69) is 46.8 Å². The van der Waals surface area contributed by atoms with Crippen molar-refractivity contribution in [3.63, 3.8) is 0 Å². The van der Waals surface area contributed by atoms with Gasteiger partial charge in [0.1, 0.15) is 5.58 Å². The highest BCUT2D eigenvalue weighted by Gasteiger charge is 2.48. The molecule has 196 valence electrons. The molecule has 2 aromatic heterocycles. The molecule has 0 saturated carbocycles. The van der Waals surface area contributed by atoms with Crippen LogP contribution in [-0.4, -0.2) is 57.6 Å². The van der Waals surface area contributed by atoms with E-state index < -0.39 is 5.54 Å². The number of anilines is 1. The zero-order chi connectivity index (χ0) is 26.3. The fourth-order valence-corrected chi connectivity index (χ4v) is 5.68. The van der Waals surface area contributed by atoms with Gasteiger partial charge in [0.2, 0.25) is 0 Å². The van der Waals surface area contributed by atoms with E-state index in [-0.39, 0.29) is 23.7 Å². The summed E-state index contributed by atoms with van der Waals surface area (Å²) in [5.74, 6) is 0.279. The topological polar surface area (TPSA) is 106 Å². The molecular weight excluding hydrogens is 480 g/mol. The first-order chi connectivity index (χ1) is 18.5. The molecule has 2 aromatic carbocycles. The molecule has 3 amide bonds. The number of hydrogen-bond donors (Lipinski definition) is 3. The lowest BCUT2D eigenvalue weighted by Crippen LogP contribution is -2.59. The maximum absolute atomic E-state index is 14.1. The third-order valence-electron chi connectivity index (χ3n) is 8.03. The van der Waals surface area contributed by atoms with Gasteiger partial charge >= 0.3 is 6.03 Å². The number of carbonyl (C=O) groups excluding carboxylic acids is 2. The molecule has 0 bridgehead atoms. The number of H-pyrrole nitrogens is 1. The van der Waals surface area contributed by atoms with Crippen molar-refractivity contribution in [2.24, 2.45) is 0 Å². The van der Waals surface area contributed by atoms with E-state index >= 15 is 0 Å². The summed E-state index contributed by atoms with van der Waals surface area (Å²) in [5, 5.41) is 14.8. The Kier molecular flexibility index (Phi) is 6.15. The fraction of sp³-hybridized carbons (Fsp3) is 0.345. The van der Waals surface area contributed by atoms with Crippen LogP contribution < -0.4 is 10.6 Å². The number of carbonyl (C=O) groups is 2. The summed E-state index contributed by atoms with van der Waals surface area (Å²) in [6, 6.07) is 19.6. The van der Waals surface area contributed by atoms with Crippen LogP contribution in [0.1, 0.15) is 47.6 Å². The third-order valence-corrected chi connectivity index (χ3v) is 8.03. The summed E-state index contributed by atoms with van der Waals surface area (Å²) in [6.07, 6.45) is 1.50. The van der Waals surface area contributed by atoms with Crippen LogP contribution in [0.15, 0.2) is 65.1 Å². The highest BCUT2D eigenvalue weighted by molar-refractivity contribution is 6.04. The number of benzene rings is 2. The Morgan fingerprint density at radius 3 is 2.74 bits per heavy atom. The molecule has 4 aromatic rings. The van der Waals surface area contributed by atoms with Crippen molar-refractivity contribution in [3.05, 3.63) is 83.2 Å². The molecule has 3 N–H and O–H groups in total. The molecule has 1 saturated heterocycles. The van der Waals surface area contributed by atoms with Gasteiger partial charge in [-0.1, -0.05) is 55.5 Å². The summed E-state index contributed by atoms with van der Waals surface area (Å²) < 4.78 is 5.73. The molecule has 0 aliphatic carbocycles. The van der Waals surface area contributed by atoms with Gasteiger partial charge in [-0.3, -0.25) is 9.89 Å². The number of para-hydroxylation sites is 1. The van der Waals surface area contributed by atoms with E-state index in [4.69, 9.17) is 4.42 Å². The standard InChI is InChI=1S/C29H32N6O3/c1-3-29(2)25-22(26(33-32-25)31-27(36)24-16-20-11-7-8-12-23(20)38-24)18-35(29)28(37)34-14-13-30-17-21(34)15-19-9-5-4-6-10-19/h4-12,16,21,30H,3,13-15,17-18H2,1-2H3,(H2,31,32,33,36)/t21-,29+/m0/s1. The largest absolute Gasteiger partial charge is 0.451 e. The van der Waals surface area contributed by atoms with Crippen LogP contribution in [0.5, 0.6) is 0 Å². The maximum atomic E-state index is 14.1. The van der Waals surface area contributed by atoms with Gasteiger partial charge in [0, 0.05) is 36.6 Å². The van der Waals surface area contributed by atoms with Crippen LogP contribution >= 0.6 is 0 Å². The SMILES string of the molecule is CC[C@]1(C)c2[nH]nc(NC(=O)c3cc4ccccc4o3)c2CN1C(=O)N1CCNC[C@@H]1Cc1ccccc1. The van der Waals surface area contributed by atoms with Crippen molar-refractivity contribution in [1.82, 2.24) is 25.3 Å². The molecule has 6 rings (SSSR count). The number of fused-ring (bicyclic) bond motifs is 2. The Morgan fingerprint density at radius 2 is 1.95 bits per heavy atom. The smallest absolute Gasteiger partial charge is 0.321 e. The van der Waals surface area contributed by atoms with Gasteiger partial charge < -0.3 is 24.9 Å². The van der Waals surface area contributed by atoms with Gasteiger partial charge in [0.15, 0.2) is 11.6 Å². The van der Waals surface area contributed by atoms with Crippen molar-refractivity contribution >= 4 is 28.7 Å². The van der Waals surface area contributed by atoms with Gasteiger partial charge in [-0.15, -0.1) is 0 Å². The molecular formula is C29H32N6O3. The number of rotatable bonds is 5. The first kappa shape index (κ1) is 24.2.